The first-order chi connectivity index (χ1) is 16.4. The topological polar surface area (TPSA) is 47.9 Å². The summed E-state index contributed by atoms with van der Waals surface area (Å²) in [5.74, 6) is 9.49. The smallest absolute Gasteiger partial charge is 0.178 e. The maximum absolute atomic E-state index is 11.6. The second kappa shape index (κ2) is 10.1. The summed E-state index contributed by atoms with van der Waals surface area (Å²) in [4.78, 5) is 0. The van der Waals surface area contributed by atoms with E-state index in [2.05, 4.69) is 84.9 Å². The minimum atomic E-state index is -1.85. The van der Waals surface area contributed by atoms with Crippen LogP contribution in [0.5, 0.6) is 0 Å². The first-order valence-corrected chi connectivity index (χ1v) is 16.8. The molecule has 198 valence electrons. The van der Waals surface area contributed by atoms with Crippen LogP contribution in [0.25, 0.3) is 0 Å². The zero-order valence-electron chi connectivity index (χ0n) is 23.9. The lowest BCUT2D eigenvalue weighted by Crippen LogP contribution is -2.59. The third kappa shape index (κ3) is 6.41. The molecule has 2 fully saturated rings. The average Bonchev–Trinajstić information content (AvgIpc) is 3.09. The Hall–Kier alpha value is -1.25. The van der Waals surface area contributed by atoms with Crippen LogP contribution >= 0.6 is 11.8 Å². The van der Waals surface area contributed by atoms with Gasteiger partial charge >= 0.3 is 0 Å². The van der Waals surface area contributed by atoms with Crippen LogP contribution in [0.1, 0.15) is 73.4 Å². The van der Waals surface area contributed by atoms with Crippen molar-refractivity contribution in [2.24, 2.45) is 5.92 Å². The second-order valence-corrected chi connectivity index (χ2v) is 19.6. The van der Waals surface area contributed by atoms with Crippen LogP contribution in [-0.4, -0.2) is 53.6 Å². The van der Waals surface area contributed by atoms with Crippen LogP contribution in [0.15, 0.2) is 24.3 Å². The van der Waals surface area contributed by atoms with E-state index < -0.39 is 31.7 Å². The molecule has 4 atom stereocenters. The molecule has 2 saturated heterocycles. The molecule has 1 aromatic carbocycles. The van der Waals surface area contributed by atoms with Gasteiger partial charge in [0.05, 0.1) is 6.61 Å². The average molecular weight is 529 g/mol. The molecule has 6 heteroatoms. The molecule has 0 unspecified atom stereocenters. The molecule has 0 radical (unpaired) electrons. The van der Waals surface area contributed by atoms with Gasteiger partial charge in [-0.2, -0.15) is 0 Å². The zero-order valence-corrected chi connectivity index (χ0v) is 25.7. The van der Waals surface area contributed by atoms with Crippen LogP contribution in [0.3, 0.4) is 0 Å². The zero-order chi connectivity index (χ0) is 27.2. The number of thioether (sulfide) groups is 1. The number of hydrogen-bond donors (Lipinski definition) is 1. The fourth-order valence-electron chi connectivity index (χ4n) is 4.28. The lowest BCUT2D eigenvalue weighted by Gasteiger charge is -2.41. The molecular formula is C30H44O4SSi. The highest BCUT2D eigenvalue weighted by molar-refractivity contribution is 8.01. The van der Waals surface area contributed by atoms with E-state index in [1.165, 1.54) is 0 Å². The molecule has 0 bridgehead atoms. The number of hydrogen-bond acceptors (Lipinski definition) is 5. The van der Waals surface area contributed by atoms with Gasteiger partial charge in [0.15, 0.2) is 11.4 Å². The van der Waals surface area contributed by atoms with Gasteiger partial charge in [0.25, 0.3) is 0 Å². The molecule has 2 aliphatic rings. The van der Waals surface area contributed by atoms with Gasteiger partial charge in [0.1, 0.15) is 25.7 Å². The first-order valence-electron chi connectivity index (χ1n) is 12.9. The quantitative estimate of drug-likeness (QED) is 0.373. The van der Waals surface area contributed by atoms with Crippen molar-refractivity contribution in [3.05, 3.63) is 35.4 Å². The van der Waals surface area contributed by atoms with Crippen LogP contribution in [0.2, 0.25) is 18.1 Å². The van der Waals surface area contributed by atoms with E-state index in [4.69, 9.17) is 14.2 Å². The normalized spacial score (nSPS) is 28.1. The van der Waals surface area contributed by atoms with E-state index in [1.807, 2.05) is 38.1 Å². The van der Waals surface area contributed by atoms with Crippen LogP contribution < -0.4 is 0 Å². The number of ether oxygens (including phenoxy) is 3. The van der Waals surface area contributed by atoms with Crippen molar-refractivity contribution in [3.63, 3.8) is 0 Å². The maximum Gasteiger partial charge on any atom is 0.178 e. The summed E-state index contributed by atoms with van der Waals surface area (Å²) in [5.41, 5.74) is 3.60. The summed E-state index contributed by atoms with van der Waals surface area (Å²) < 4.78 is 18.5. The van der Waals surface area contributed by atoms with Crippen molar-refractivity contribution in [3.8, 4) is 23.3 Å². The molecule has 0 aliphatic carbocycles. The summed E-state index contributed by atoms with van der Waals surface area (Å²) in [7, 11) is -1.85. The lowest BCUT2D eigenvalue weighted by molar-refractivity contribution is -0.165. The van der Waals surface area contributed by atoms with Gasteiger partial charge in [0, 0.05) is 15.9 Å². The van der Waals surface area contributed by atoms with Crippen molar-refractivity contribution in [1.29, 1.82) is 0 Å². The molecular weight excluding hydrogens is 484 g/mol. The number of benzene rings is 1. The standard InChI is InChI=1S/C30H44O4SSi/c1-21(2)28(6,7)36(10,11)19-17-23-15-13-12-14-22(23)16-18-30(31)20-32-26(35-27(3,4)5)24-25(30)34-29(8,9)33-24/h12-15,21,24-26,31H,20H2,1-11H3/t24-,25-,26+,30+/m1/s1. The second-order valence-electron chi connectivity index (χ2n) is 12.9. The van der Waals surface area contributed by atoms with E-state index in [0.717, 1.165) is 11.1 Å². The Kier molecular flexibility index (Phi) is 8.25. The van der Waals surface area contributed by atoms with Gasteiger partial charge in [-0.05, 0) is 36.9 Å². The number of fused-ring (bicyclic) bond motifs is 1. The van der Waals surface area contributed by atoms with Crippen molar-refractivity contribution < 1.29 is 19.3 Å². The molecule has 36 heavy (non-hydrogen) atoms. The molecule has 0 spiro atoms. The molecule has 0 saturated carbocycles. The van der Waals surface area contributed by atoms with E-state index in [9.17, 15) is 5.11 Å². The molecule has 3 rings (SSSR count). The van der Waals surface area contributed by atoms with Crippen molar-refractivity contribution in [1.82, 2.24) is 0 Å². The van der Waals surface area contributed by atoms with Gasteiger partial charge in [-0.15, -0.1) is 17.3 Å². The Bertz CT molecular complexity index is 1080. The van der Waals surface area contributed by atoms with Gasteiger partial charge in [0.2, 0.25) is 0 Å². The predicted molar refractivity (Wildman–Crippen MR) is 152 cm³/mol. The van der Waals surface area contributed by atoms with Crippen LogP contribution in [0, 0.1) is 29.2 Å². The first kappa shape index (κ1) is 29.3. The van der Waals surface area contributed by atoms with E-state index >= 15 is 0 Å². The van der Waals surface area contributed by atoms with Gasteiger partial charge in [-0.25, -0.2) is 0 Å². The molecule has 4 nitrogen and oxygen atoms in total. The SMILES string of the molecule is CC(C)C(C)(C)[Si](C)(C)C#Cc1ccccc1C#C[C@]1(O)CO[C@@H](SC(C)(C)C)[C@@H]2OC(C)(C)O[C@H]21. The van der Waals surface area contributed by atoms with Gasteiger partial charge in [-0.1, -0.05) is 91.5 Å². The largest absolute Gasteiger partial charge is 0.373 e. The van der Waals surface area contributed by atoms with Crippen LogP contribution in [0.4, 0.5) is 0 Å². The fraction of sp³-hybridized carbons (Fsp3) is 0.667. The predicted octanol–water partition coefficient (Wildman–Crippen LogP) is 6.21. The molecule has 0 aromatic heterocycles. The minimum absolute atomic E-state index is 0.0225. The maximum atomic E-state index is 11.6. The Labute approximate surface area is 224 Å². The minimum Gasteiger partial charge on any atom is -0.373 e. The Morgan fingerprint density at radius 1 is 1.03 bits per heavy atom. The highest BCUT2D eigenvalue weighted by atomic mass is 32.2. The summed E-state index contributed by atoms with van der Waals surface area (Å²) in [5, 5.41) is 11.8. The van der Waals surface area contributed by atoms with Gasteiger partial charge < -0.3 is 19.3 Å². The fourth-order valence-corrected chi connectivity index (χ4v) is 7.66. The third-order valence-electron chi connectivity index (χ3n) is 7.71. The van der Waals surface area contributed by atoms with Gasteiger partial charge in [-0.3, -0.25) is 0 Å². The summed E-state index contributed by atoms with van der Waals surface area (Å²) in [6.07, 6.45) is -1.03. The van der Waals surface area contributed by atoms with Crippen molar-refractivity contribution >= 4 is 19.8 Å². The number of rotatable bonds is 3. The van der Waals surface area contributed by atoms with E-state index in [1.54, 1.807) is 11.8 Å². The van der Waals surface area contributed by atoms with E-state index in [-0.39, 0.29) is 21.8 Å². The molecule has 2 aliphatic heterocycles. The van der Waals surface area contributed by atoms with Crippen molar-refractivity contribution in [2.75, 3.05) is 6.61 Å². The monoisotopic (exact) mass is 528 g/mol. The van der Waals surface area contributed by atoms with E-state index in [0.29, 0.717) is 5.92 Å². The Balaban J connectivity index is 1.93. The lowest BCUT2D eigenvalue weighted by atomic mass is 9.91. The van der Waals surface area contributed by atoms with Crippen molar-refractivity contribution in [2.45, 2.75) is 114 Å². The molecule has 2 heterocycles. The highest BCUT2D eigenvalue weighted by Gasteiger charge is 2.58. The third-order valence-corrected chi connectivity index (χ3v) is 13.6. The Morgan fingerprint density at radius 2 is 1.61 bits per heavy atom. The molecule has 1 aromatic rings. The summed E-state index contributed by atoms with van der Waals surface area (Å²) >= 11 is 1.68. The summed E-state index contributed by atoms with van der Waals surface area (Å²) in [6.45, 7) is 24.1. The number of aliphatic hydroxyl groups is 1. The highest BCUT2D eigenvalue weighted by Crippen LogP contribution is 2.45. The molecule has 0 amide bonds. The van der Waals surface area contributed by atoms with Crippen LogP contribution in [-0.2, 0) is 14.2 Å². The molecule has 1 N–H and O–H groups in total. The Morgan fingerprint density at radius 3 is 2.17 bits per heavy atom. The summed E-state index contributed by atoms with van der Waals surface area (Å²) in [6, 6.07) is 7.89.